The normalized spacial score (nSPS) is 14.2. The topological polar surface area (TPSA) is 150 Å². The van der Waals surface area contributed by atoms with Gasteiger partial charge < -0.3 is 19.9 Å². The lowest BCUT2D eigenvalue weighted by Crippen LogP contribution is -2.19. The number of nitrogens with zero attached hydrogens (tertiary/aromatic N) is 4. The minimum Gasteiger partial charge on any atom is -0.484 e. The van der Waals surface area contributed by atoms with E-state index in [1.54, 1.807) is 0 Å². The van der Waals surface area contributed by atoms with Crippen LogP contribution in [0.25, 0.3) is 5.57 Å². The summed E-state index contributed by atoms with van der Waals surface area (Å²) < 4.78 is 40.7. The molecule has 1 fully saturated rings. The van der Waals surface area contributed by atoms with Crippen LogP contribution in [-0.4, -0.2) is 77.0 Å². The predicted molar refractivity (Wildman–Crippen MR) is 135 cm³/mol. The fourth-order valence-electron chi connectivity index (χ4n) is 3.14. The number of pyridine rings is 1. The van der Waals surface area contributed by atoms with Crippen LogP contribution in [0.15, 0.2) is 24.1 Å². The minimum atomic E-state index is -2.88. The third-order valence-corrected chi connectivity index (χ3v) is 5.83. The van der Waals surface area contributed by atoms with Crippen LogP contribution in [0.1, 0.15) is 33.8 Å². The Morgan fingerprint density at radius 1 is 1.37 bits per heavy atom. The van der Waals surface area contributed by atoms with Crippen molar-refractivity contribution in [1.29, 1.82) is 0 Å². The van der Waals surface area contributed by atoms with Crippen LogP contribution in [0.3, 0.4) is 0 Å². The highest BCUT2D eigenvalue weighted by Crippen LogP contribution is 2.30. The Morgan fingerprint density at radius 2 is 2.18 bits per heavy atom. The van der Waals surface area contributed by atoms with Crippen LogP contribution in [0.5, 0.6) is 0 Å². The molecule has 0 spiro atoms. The Labute approximate surface area is 219 Å². The van der Waals surface area contributed by atoms with E-state index >= 15 is 0 Å². The Bertz CT molecular complexity index is 1440. The van der Waals surface area contributed by atoms with E-state index < -0.39 is 30.6 Å². The van der Waals surface area contributed by atoms with E-state index in [4.69, 9.17) is 14.6 Å². The average molecular weight is 544 g/mol. The lowest BCUT2D eigenvalue weighted by Gasteiger charge is -2.14. The maximum atomic E-state index is 13.4. The highest BCUT2D eigenvalue weighted by Gasteiger charge is 2.30. The number of carbonyl (C=O) groups is 2. The second-order valence-corrected chi connectivity index (χ2v) is 8.92. The molecule has 14 heteroatoms. The average Bonchev–Trinajstić information content (AvgIpc) is 3.63. The third kappa shape index (κ3) is 7.09. The Kier molecular flexibility index (Phi) is 8.58. The van der Waals surface area contributed by atoms with Gasteiger partial charge in [0.15, 0.2) is 5.01 Å². The molecule has 0 radical (unpaired) electrons. The number of ether oxygens (including phenoxy) is 2. The molecule has 1 saturated carbocycles. The molecule has 0 bridgehead atoms. The zero-order valence-corrected chi connectivity index (χ0v) is 20.8. The van der Waals surface area contributed by atoms with Crippen molar-refractivity contribution >= 4 is 51.3 Å². The molecule has 2 aromatic heterocycles. The van der Waals surface area contributed by atoms with Crippen molar-refractivity contribution in [3.8, 4) is 11.8 Å². The molecule has 1 aliphatic carbocycles. The molecule has 0 atom stereocenters. The largest absolute Gasteiger partial charge is 0.484 e. The number of amides is 1. The second kappa shape index (κ2) is 12.2. The Hall–Kier alpha value is -4.40. The molecule has 3 heterocycles. The van der Waals surface area contributed by atoms with E-state index in [9.17, 15) is 18.4 Å². The first-order valence-corrected chi connectivity index (χ1v) is 12.1. The number of aliphatic carboxylic acids is 1. The van der Waals surface area contributed by atoms with Crippen LogP contribution in [-0.2, 0) is 14.3 Å². The molecule has 4 rings (SSSR count). The number of hydrogen-bond acceptors (Lipinski definition) is 9. The zero-order valence-electron chi connectivity index (χ0n) is 20.0. The van der Waals surface area contributed by atoms with Crippen molar-refractivity contribution in [3.63, 3.8) is 0 Å². The van der Waals surface area contributed by atoms with Gasteiger partial charge in [0.05, 0.1) is 19.3 Å². The molecule has 2 aliphatic rings. The molecule has 11 nitrogen and oxygen atoms in total. The van der Waals surface area contributed by atoms with E-state index in [1.165, 1.54) is 19.4 Å². The number of alkyl halides is 2. The van der Waals surface area contributed by atoms with Crippen molar-refractivity contribution in [2.24, 2.45) is 5.92 Å². The summed E-state index contributed by atoms with van der Waals surface area (Å²) in [5.41, 5.74) is -0.161. The lowest BCUT2D eigenvalue weighted by atomic mass is 9.97. The van der Waals surface area contributed by atoms with Gasteiger partial charge in [-0.1, -0.05) is 17.3 Å². The number of halogens is 2. The fourth-order valence-corrected chi connectivity index (χ4v) is 3.74. The molecule has 38 heavy (non-hydrogen) atoms. The monoisotopic (exact) mass is 543 g/mol. The summed E-state index contributed by atoms with van der Waals surface area (Å²) in [4.78, 5) is 28.0. The molecular weight excluding hydrogens is 522 g/mol. The SMILES string of the molecule is COC1=C=[N+]=C(C(F)F)C=C1c1cc(NCCOCC(=O)O)ncc1C(=O)Nc1nnc(C#CC2CC2)s1. The quantitative estimate of drug-likeness (QED) is 0.219. The highest BCUT2D eigenvalue weighted by molar-refractivity contribution is 7.15. The number of allylic oxidation sites excluding steroid dienone is 2. The predicted octanol–water partition coefficient (Wildman–Crippen LogP) is 1.83. The van der Waals surface area contributed by atoms with Crippen LogP contribution in [0.4, 0.5) is 19.7 Å². The third-order valence-electron chi connectivity index (χ3n) is 5.07. The highest BCUT2D eigenvalue weighted by atomic mass is 32.1. The van der Waals surface area contributed by atoms with Gasteiger partial charge in [-0.25, -0.2) is 9.78 Å². The van der Waals surface area contributed by atoms with Gasteiger partial charge in [0.2, 0.25) is 5.13 Å². The van der Waals surface area contributed by atoms with E-state index in [1.807, 2.05) is 0 Å². The molecule has 1 aliphatic heterocycles. The van der Waals surface area contributed by atoms with Gasteiger partial charge in [-0.2, -0.15) is 8.78 Å². The van der Waals surface area contributed by atoms with Gasteiger partial charge in [0.1, 0.15) is 12.4 Å². The first kappa shape index (κ1) is 26.7. The number of hydrogen-bond donors (Lipinski definition) is 3. The van der Waals surface area contributed by atoms with E-state index in [2.05, 4.69) is 48.2 Å². The molecule has 0 unspecified atom stereocenters. The first-order chi connectivity index (χ1) is 18.3. The van der Waals surface area contributed by atoms with Crippen LogP contribution in [0, 0.1) is 17.8 Å². The van der Waals surface area contributed by atoms with Gasteiger partial charge in [-0.05, 0) is 29.5 Å². The van der Waals surface area contributed by atoms with E-state index in [-0.39, 0.29) is 46.6 Å². The maximum absolute atomic E-state index is 13.4. The van der Waals surface area contributed by atoms with Gasteiger partial charge in [0, 0.05) is 35.9 Å². The van der Waals surface area contributed by atoms with Crippen LogP contribution < -0.4 is 15.3 Å². The van der Waals surface area contributed by atoms with Crippen molar-refractivity contribution in [2.75, 3.05) is 37.5 Å². The minimum absolute atomic E-state index is 0.0385. The smallest absolute Gasteiger partial charge is 0.383 e. The number of anilines is 2. The molecule has 2 aromatic rings. The Balaban J connectivity index is 1.60. The molecule has 1 amide bonds. The number of carbonyl (C=O) groups excluding carboxylic acids is 1. The molecule has 196 valence electrons. The van der Waals surface area contributed by atoms with E-state index in [0.717, 1.165) is 30.3 Å². The number of aromatic nitrogens is 3. The zero-order chi connectivity index (χ0) is 27.1. The maximum Gasteiger partial charge on any atom is 0.383 e. The van der Waals surface area contributed by atoms with Crippen molar-refractivity contribution in [3.05, 3.63) is 40.2 Å². The van der Waals surface area contributed by atoms with Crippen molar-refractivity contribution in [1.82, 2.24) is 19.8 Å². The molecule has 0 saturated heterocycles. The van der Waals surface area contributed by atoms with Gasteiger partial charge in [-0.15, -0.1) is 10.2 Å². The van der Waals surface area contributed by atoms with Crippen LogP contribution in [0.2, 0.25) is 0 Å². The molecular formula is C24H21F2N6O5S+. The first-order valence-electron chi connectivity index (χ1n) is 11.3. The number of carboxylic acid groups (broad SMARTS) is 1. The number of carboxylic acids is 1. The number of rotatable bonds is 11. The van der Waals surface area contributed by atoms with Crippen LogP contribution >= 0.6 is 11.3 Å². The van der Waals surface area contributed by atoms with Gasteiger partial charge >= 0.3 is 24.0 Å². The summed E-state index contributed by atoms with van der Waals surface area (Å²) in [6, 6.07) is 1.47. The molecule has 3 N–H and O–H groups in total. The Morgan fingerprint density at radius 3 is 2.89 bits per heavy atom. The summed E-state index contributed by atoms with van der Waals surface area (Å²) in [6.07, 6.45) is 1.63. The van der Waals surface area contributed by atoms with Gasteiger partial charge in [0.25, 0.3) is 11.7 Å². The summed E-state index contributed by atoms with van der Waals surface area (Å²) >= 11 is 1.11. The molecule has 0 aromatic carbocycles. The van der Waals surface area contributed by atoms with E-state index in [0.29, 0.717) is 10.9 Å². The summed E-state index contributed by atoms with van der Waals surface area (Å²) in [6.45, 7) is -0.196. The summed E-state index contributed by atoms with van der Waals surface area (Å²) in [5.74, 6) is 7.43. The lowest BCUT2D eigenvalue weighted by molar-refractivity contribution is -0.142. The van der Waals surface area contributed by atoms with Crippen molar-refractivity contribution in [2.45, 2.75) is 19.3 Å². The number of methoxy groups -OCH3 is 1. The fraction of sp³-hybridized carbons (Fsp3) is 0.333. The summed E-state index contributed by atoms with van der Waals surface area (Å²) in [5, 5.41) is 22.8. The number of nitrogens with one attached hydrogen (secondary N) is 2. The second-order valence-electron chi connectivity index (χ2n) is 7.94. The standard InChI is InChI=1S/C24H20F2N6O5S/c1-36-18-11-28-17(22(25)26)8-15(18)14-9-19(27-6-7-37-12-21(33)34)29-10-16(14)23(35)30-24-32-31-20(38-24)5-4-13-2-3-13/h8-10,13,22H,2-3,6-7,12H2,1H3,(H2-,27,29,30,32,33,34,35)/p+1. The van der Waals surface area contributed by atoms with Crippen molar-refractivity contribution < 1.29 is 33.0 Å². The van der Waals surface area contributed by atoms with Gasteiger partial charge in [-0.3, -0.25) is 10.1 Å². The summed E-state index contributed by atoms with van der Waals surface area (Å²) in [7, 11) is 1.32.